The van der Waals surface area contributed by atoms with Gasteiger partial charge in [0.2, 0.25) is 0 Å². The van der Waals surface area contributed by atoms with Crippen molar-refractivity contribution >= 4 is 28.3 Å². The third-order valence-electron chi connectivity index (χ3n) is 5.44. The molecule has 2 amide bonds. The molecule has 0 bridgehead atoms. The number of thiazole rings is 1. The number of carbonyl (C=O) groups is 2. The highest BCUT2D eigenvalue weighted by molar-refractivity contribution is 7.13. The maximum atomic E-state index is 13.7. The van der Waals surface area contributed by atoms with Crippen molar-refractivity contribution in [1.82, 2.24) is 9.88 Å². The molecule has 160 valence electrons. The van der Waals surface area contributed by atoms with Crippen LogP contribution in [0.1, 0.15) is 29.0 Å². The number of fused-ring (bicyclic) bond motifs is 1. The van der Waals surface area contributed by atoms with Crippen LogP contribution in [0, 0.1) is 5.82 Å². The topological polar surface area (TPSA) is 62.3 Å². The van der Waals surface area contributed by atoms with Crippen LogP contribution < -0.4 is 5.32 Å². The van der Waals surface area contributed by atoms with E-state index in [1.807, 2.05) is 42.5 Å². The van der Waals surface area contributed by atoms with Crippen molar-refractivity contribution < 1.29 is 15.4 Å². The van der Waals surface area contributed by atoms with E-state index in [1.54, 1.807) is 34.7 Å². The Hall–Kier alpha value is -3.84. The molecule has 0 spiro atoms. The number of nitrogens with zero attached hydrogens (tertiary/aromatic N) is 2. The molecule has 0 saturated heterocycles. The van der Waals surface area contributed by atoms with Crippen molar-refractivity contribution in [2.75, 3.05) is 5.32 Å². The van der Waals surface area contributed by atoms with Gasteiger partial charge in [0.1, 0.15) is 11.9 Å². The molecular formula is C25H20FN3O2S. The molecule has 0 fully saturated rings. The van der Waals surface area contributed by atoms with Crippen molar-refractivity contribution in [2.45, 2.75) is 12.6 Å². The molecule has 5 nitrogen and oxygen atoms in total. The van der Waals surface area contributed by atoms with E-state index in [9.17, 15) is 14.0 Å². The van der Waals surface area contributed by atoms with E-state index >= 15 is 0 Å². The van der Waals surface area contributed by atoms with Crippen molar-refractivity contribution in [3.8, 4) is 11.1 Å². The lowest BCUT2D eigenvalue weighted by atomic mass is 10.0. The molecule has 1 aliphatic heterocycles. The first kappa shape index (κ1) is 20.1. The molecule has 0 aliphatic carbocycles. The van der Waals surface area contributed by atoms with E-state index in [-0.39, 0.29) is 19.1 Å². The van der Waals surface area contributed by atoms with Gasteiger partial charge >= 0.3 is 0 Å². The van der Waals surface area contributed by atoms with Gasteiger partial charge in [0.15, 0.2) is 5.13 Å². The molecule has 0 unspecified atom stereocenters. The molecule has 5 rings (SSSR count). The van der Waals surface area contributed by atoms with Gasteiger partial charge in [-0.05, 0) is 40.5 Å². The number of nitrogens with one attached hydrogen (secondary N) is 1. The lowest BCUT2D eigenvalue weighted by Crippen LogP contribution is -2.37. The summed E-state index contributed by atoms with van der Waals surface area (Å²) in [7, 11) is 0. The Labute approximate surface area is 189 Å². The summed E-state index contributed by atoms with van der Waals surface area (Å²) < 4.78 is 13.7. The first-order chi connectivity index (χ1) is 15.6. The predicted octanol–water partition coefficient (Wildman–Crippen LogP) is 5.53. The number of anilines is 1. The lowest BCUT2D eigenvalue weighted by molar-refractivity contribution is -0.120. The van der Waals surface area contributed by atoms with Crippen LogP contribution in [0.15, 0.2) is 84.4 Å². The molecule has 1 aliphatic rings. The Kier molecular flexibility index (Phi) is 5.25. The van der Waals surface area contributed by atoms with Gasteiger partial charge in [-0.2, -0.15) is 0 Å². The zero-order valence-electron chi connectivity index (χ0n) is 16.9. The quantitative estimate of drug-likeness (QED) is 0.439. The molecular weight excluding hydrogens is 425 g/mol. The second kappa shape index (κ2) is 8.36. The summed E-state index contributed by atoms with van der Waals surface area (Å²) in [6.45, 7) is 0.308. The van der Waals surface area contributed by atoms with E-state index in [4.69, 9.17) is 0 Å². The molecule has 1 atom stereocenters. The van der Waals surface area contributed by atoms with E-state index in [1.165, 1.54) is 23.5 Å². The lowest BCUT2D eigenvalue weighted by Gasteiger charge is -2.27. The highest BCUT2D eigenvalue weighted by atomic mass is 32.1. The van der Waals surface area contributed by atoms with Gasteiger partial charge < -0.3 is 4.90 Å². The number of halogens is 1. The highest BCUT2D eigenvalue weighted by Gasteiger charge is 2.37. The molecule has 2 heterocycles. The van der Waals surface area contributed by atoms with Gasteiger partial charge in [-0.25, -0.2) is 9.37 Å². The summed E-state index contributed by atoms with van der Waals surface area (Å²) in [6, 6.07) is 20.2. The minimum Gasteiger partial charge on any atom is -0.318 e. The molecule has 1 N–H and O–H groups in total. The number of amides is 2. The van der Waals surface area contributed by atoms with Gasteiger partial charge in [0, 0.05) is 25.1 Å². The summed E-state index contributed by atoms with van der Waals surface area (Å²) in [6.07, 6.45) is 1.61. The van der Waals surface area contributed by atoms with Crippen LogP contribution in [0.2, 0.25) is 0 Å². The zero-order chi connectivity index (χ0) is 22.1. The van der Waals surface area contributed by atoms with Crippen molar-refractivity contribution in [2.24, 2.45) is 0 Å². The number of carbonyl (C=O) groups excluding carboxylic acids is 2. The summed E-state index contributed by atoms with van der Waals surface area (Å²) >= 11 is 1.32. The Balaban J connectivity index is 0.00000259. The van der Waals surface area contributed by atoms with Crippen LogP contribution in [0.25, 0.3) is 11.1 Å². The summed E-state index contributed by atoms with van der Waals surface area (Å²) in [5.74, 6) is -0.891. The van der Waals surface area contributed by atoms with Crippen molar-refractivity contribution in [1.29, 1.82) is 0 Å². The fourth-order valence-electron chi connectivity index (χ4n) is 3.95. The van der Waals surface area contributed by atoms with E-state index in [0.29, 0.717) is 28.4 Å². The average molecular weight is 446 g/mol. The monoisotopic (exact) mass is 445 g/mol. The average Bonchev–Trinajstić information content (AvgIpc) is 3.43. The number of aromatic nitrogens is 1. The summed E-state index contributed by atoms with van der Waals surface area (Å²) in [5.41, 5.74) is 3.52. The number of hydrogen-bond acceptors (Lipinski definition) is 4. The van der Waals surface area contributed by atoms with Crippen LogP contribution in [-0.4, -0.2) is 21.7 Å². The predicted molar refractivity (Wildman–Crippen MR) is 124 cm³/mol. The van der Waals surface area contributed by atoms with Crippen molar-refractivity contribution in [3.05, 3.63) is 107 Å². The van der Waals surface area contributed by atoms with Gasteiger partial charge in [0.25, 0.3) is 11.8 Å². The first-order valence-electron chi connectivity index (χ1n) is 10.1. The Bertz CT molecular complexity index is 1300. The third kappa shape index (κ3) is 3.78. The largest absolute Gasteiger partial charge is 0.318 e. The molecule has 4 aromatic rings. The molecule has 7 heteroatoms. The smallest absolute Gasteiger partial charge is 0.255 e. The molecule has 3 aromatic carbocycles. The summed E-state index contributed by atoms with van der Waals surface area (Å²) in [4.78, 5) is 32.4. The van der Waals surface area contributed by atoms with E-state index < -0.39 is 6.04 Å². The Morgan fingerprint density at radius 3 is 2.62 bits per heavy atom. The fourth-order valence-corrected chi connectivity index (χ4v) is 4.48. The van der Waals surface area contributed by atoms with Gasteiger partial charge in [0.05, 0.1) is 0 Å². The second-order valence-corrected chi connectivity index (χ2v) is 8.35. The van der Waals surface area contributed by atoms with Crippen LogP contribution >= 0.6 is 11.3 Å². The number of hydrogen-bond donors (Lipinski definition) is 1. The number of benzene rings is 3. The van der Waals surface area contributed by atoms with Gasteiger partial charge in [-0.15, -0.1) is 11.3 Å². The number of rotatable bonds is 5. The van der Waals surface area contributed by atoms with E-state index in [2.05, 4.69) is 10.3 Å². The van der Waals surface area contributed by atoms with E-state index in [0.717, 1.165) is 11.1 Å². The standard InChI is InChI=1S/C25H18FN3O2S.H2/c26-20-8-4-7-17(13-20)18-9-10-19-15-29(24(31)21(19)14-18)22(16-5-2-1-3-6-16)23(30)28-25-27-11-12-32-25;/h1-14,22H,15H2,(H,27,28,30);1H/t22-;/m1./s1. The van der Waals surface area contributed by atoms with Crippen LogP contribution in [0.5, 0.6) is 0 Å². The highest BCUT2D eigenvalue weighted by Crippen LogP contribution is 2.35. The molecule has 0 saturated carbocycles. The second-order valence-electron chi connectivity index (χ2n) is 7.46. The molecule has 0 radical (unpaired) electrons. The maximum Gasteiger partial charge on any atom is 0.255 e. The third-order valence-corrected chi connectivity index (χ3v) is 6.13. The first-order valence-corrected chi connectivity index (χ1v) is 10.9. The van der Waals surface area contributed by atoms with Gasteiger partial charge in [-0.1, -0.05) is 54.6 Å². The van der Waals surface area contributed by atoms with Crippen LogP contribution in [0.3, 0.4) is 0 Å². The molecule has 32 heavy (non-hydrogen) atoms. The minimum absolute atomic E-state index is 0. The minimum atomic E-state index is -0.808. The summed E-state index contributed by atoms with van der Waals surface area (Å²) in [5, 5.41) is 5.08. The van der Waals surface area contributed by atoms with Crippen LogP contribution in [-0.2, 0) is 11.3 Å². The zero-order valence-corrected chi connectivity index (χ0v) is 17.7. The van der Waals surface area contributed by atoms with Crippen molar-refractivity contribution in [3.63, 3.8) is 0 Å². The van der Waals surface area contributed by atoms with Gasteiger partial charge in [-0.3, -0.25) is 14.9 Å². The normalized spacial score (nSPS) is 13.7. The SMILES string of the molecule is O=C(Nc1nccs1)[C@@H](c1ccccc1)N1Cc2ccc(-c3cccc(F)c3)cc2C1=O.[HH]. The Morgan fingerprint density at radius 2 is 1.88 bits per heavy atom. The Morgan fingerprint density at radius 1 is 1.06 bits per heavy atom. The van der Waals surface area contributed by atoms with Crippen LogP contribution in [0.4, 0.5) is 9.52 Å². The maximum absolute atomic E-state index is 13.7. The fraction of sp³-hybridized carbons (Fsp3) is 0.0800. The molecule has 1 aromatic heterocycles.